The predicted molar refractivity (Wildman–Crippen MR) is 156 cm³/mol. The van der Waals surface area contributed by atoms with Gasteiger partial charge in [0.2, 0.25) is 0 Å². The maximum Gasteiger partial charge on any atom is 0.416 e. The van der Waals surface area contributed by atoms with Crippen molar-refractivity contribution in [1.29, 1.82) is 0 Å². The molecule has 12 heteroatoms. The van der Waals surface area contributed by atoms with Crippen molar-refractivity contribution < 1.29 is 23.8 Å². The molecular weight excluding hydrogens is 550 g/mol. The van der Waals surface area contributed by atoms with Gasteiger partial charge in [0.1, 0.15) is 16.4 Å². The first kappa shape index (κ1) is 29.8. The van der Waals surface area contributed by atoms with Gasteiger partial charge < -0.3 is 19.1 Å². The number of carbonyl (C=O) groups excluding carboxylic acids is 2. The zero-order chi connectivity index (χ0) is 28.7. The van der Waals surface area contributed by atoms with Crippen LogP contribution in [0.5, 0.6) is 0 Å². The van der Waals surface area contributed by atoms with E-state index >= 15 is 0 Å². The molecule has 3 heterocycles. The van der Waals surface area contributed by atoms with Crippen molar-refractivity contribution in [2.45, 2.75) is 56.4 Å². The van der Waals surface area contributed by atoms with Crippen LogP contribution in [0.15, 0.2) is 40.7 Å². The molecule has 0 unspecified atom stereocenters. The standard InChI is InChI=1S/C28H35N5O5S2/c1-6-24-30-31-26(40-24)39-18-21-15-22(32-10-12-37-13-11-32)16-23(29-21)33(27(35)38-28(2,3)4)17-19-8-7-9-20(14-19)25(34)36-5/h7-9,14-16H,6,10-13,17-18H2,1-5H3. The van der Waals surface area contributed by atoms with Crippen LogP contribution in [0.1, 0.15) is 54.3 Å². The van der Waals surface area contributed by atoms with Crippen LogP contribution in [0.3, 0.4) is 0 Å². The molecule has 10 nitrogen and oxygen atoms in total. The highest BCUT2D eigenvalue weighted by molar-refractivity contribution is 8.00. The summed E-state index contributed by atoms with van der Waals surface area (Å²) in [5.74, 6) is 0.577. The molecule has 2 aromatic heterocycles. The van der Waals surface area contributed by atoms with E-state index in [1.165, 1.54) is 12.0 Å². The lowest BCUT2D eigenvalue weighted by molar-refractivity contribution is 0.0574. The number of ether oxygens (including phenoxy) is 3. The van der Waals surface area contributed by atoms with E-state index in [2.05, 4.69) is 28.1 Å². The van der Waals surface area contributed by atoms with E-state index in [0.717, 1.165) is 45.8 Å². The van der Waals surface area contributed by atoms with Crippen LogP contribution >= 0.6 is 23.1 Å². The Morgan fingerprint density at radius 2 is 1.93 bits per heavy atom. The van der Waals surface area contributed by atoms with Gasteiger partial charge >= 0.3 is 12.1 Å². The number of rotatable bonds is 9. The number of pyridine rings is 1. The molecule has 40 heavy (non-hydrogen) atoms. The average molecular weight is 586 g/mol. The second-order valence-electron chi connectivity index (χ2n) is 10.1. The fraction of sp³-hybridized carbons (Fsp3) is 0.464. The summed E-state index contributed by atoms with van der Waals surface area (Å²) in [5.41, 5.74) is 2.18. The van der Waals surface area contributed by atoms with E-state index in [0.29, 0.717) is 30.3 Å². The van der Waals surface area contributed by atoms with Crippen LogP contribution in [0.2, 0.25) is 0 Å². The first-order chi connectivity index (χ1) is 19.1. The number of hydrogen-bond donors (Lipinski definition) is 0. The largest absolute Gasteiger partial charge is 0.465 e. The minimum atomic E-state index is -0.710. The van der Waals surface area contributed by atoms with Crippen molar-refractivity contribution in [3.8, 4) is 0 Å². The average Bonchev–Trinajstić information content (AvgIpc) is 3.42. The van der Waals surface area contributed by atoms with Gasteiger partial charge in [-0.2, -0.15) is 0 Å². The van der Waals surface area contributed by atoms with Crippen LogP contribution < -0.4 is 9.80 Å². The summed E-state index contributed by atoms with van der Waals surface area (Å²) in [6.45, 7) is 10.4. The molecule has 0 N–H and O–H groups in total. The number of anilines is 2. The Kier molecular flexibility index (Phi) is 9.99. The van der Waals surface area contributed by atoms with Gasteiger partial charge in [0.25, 0.3) is 0 Å². The Bertz CT molecular complexity index is 1320. The van der Waals surface area contributed by atoms with Crippen molar-refractivity contribution in [2.75, 3.05) is 43.2 Å². The fourth-order valence-corrected chi connectivity index (χ4v) is 5.73. The van der Waals surface area contributed by atoms with Gasteiger partial charge in [-0.25, -0.2) is 14.6 Å². The van der Waals surface area contributed by atoms with Gasteiger partial charge in [0, 0.05) is 30.6 Å². The maximum atomic E-state index is 13.6. The van der Waals surface area contributed by atoms with Crippen LogP contribution in [-0.2, 0) is 32.9 Å². The summed E-state index contributed by atoms with van der Waals surface area (Å²) in [6.07, 6.45) is 0.313. The summed E-state index contributed by atoms with van der Waals surface area (Å²) in [7, 11) is 1.34. The summed E-state index contributed by atoms with van der Waals surface area (Å²) in [4.78, 5) is 34.4. The molecule has 0 aliphatic carbocycles. The van der Waals surface area contributed by atoms with Gasteiger partial charge in [-0.15, -0.1) is 10.2 Å². The monoisotopic (exact) mass is 585 g/mol. The van der Waals surface area contributed by atoms with Crippen molar-refractivity contribution in [3.63, 3.8) is 0 Å². The zero-order valence-electron chi connectivity index (χ0n) is 23.5. The number of nitrogens with zero attached hydrogens (tertiary/aromatic N) is 5. The lowest BCUT2D eigenvalue weighted by Crippen LogP contribution is -2.38. The van der Waals surface area contributed by atoms with E-state index in [4.69, 9.17) is 19.2 Å². The number of amides is 1. The number of carbonyl (C=O) groups is 2. The SMILES string of the molecule is CCc1nnc(SCc2cc(N3CCOCC3)cc(N(Cc3cccc(C(=O)OC)c3)C(=O)OC(C)(C)C)n2)s1. The van der Waals surface area contributed by atoms with E-state index < -0.39 is 17.7 Å². The third kappa shape index (κ3) is 8.15. The Balaban J connectivity index is 1.71. The topological polar surface area (TPSA) is 107 Å². The minimum absolute atomic E-state index is 0.155. The molecular formula is C28H35N5O5S2. The number of aryl methyl sites for hydroxylation is 1. The molecule has 3 aromatic rings. The van der Waals surface area contributed by atoms with Crippen LogP contribution in [0.4, 0.5) is 16.3 Å². The molecule has 1 amide bonds. The van der Waals surface area contributed by atoms with Crippen LogP contribution in [0.25, 0.3) is 0 Å². The molecule has 1 aliphatic rings. The molecule has 0 saturated carbocycles. The van der Waals surface area contributed by atoms with Gasteiger partial charge in [-0.3, -0.25) is 4.90 Å². The van der Waals surface area contributed by atoms with Gasteiger partial charge in [-0.1, -0.05) is 42.2 Å². The van der Waals surface area contributed by atoms with Crippen molar-refractivity contribution in [3.05, 3.63) is 58.2 Å². The van der Waals surface area contributed by atoms with E-state index in [1.54, 1.807) is 41.3 Å². The molecule has 4 rings (SSSR count). The number of esters is 1. The second kappa shape index (κ2) is 13.4. The molecule has 1 fully saturated rings. The first-order valence-electron chi connectivity index (χ1n) is 13.1. The molecule has 0 spiro atoms. The van der Waals surface area contributed by atoms with Crippen molar-refractivity contribution in [1.82, 2.24) is 15.2 Å². The van der Waals surface area contributed by atoms with E-state index in [9.17, 15) is 9.59 Å². The Labute approximate surface area is 243 Å². The van der Waals surface area contributed by atoms with Crippen molar-refractivity contribution in [2.24, 2.45) is 0 Å². The highest BCUT2D eigenvalue weighted by Crippen LogP contribution is 2.31. The lowest BCUT2D eigenvalue weighted by atomic mass is 10.1. The smallest absolute Gasteiger partial charge is 0.416 e. The highest BCUT2D eigenvalue weighted by atomic mass is 32.2. The number of methoxy groups -OCH3 is 1. The number of benzene rings is 1. The molecule has 0 atom stereocenters. The maximum absolute atomic E-state index is 13.6. The molecule has 1 saturated heterocycles. The van der Waals surface area contributed by atoms with E-state index in [1.807, 2.05) is 32.9 Å². The van der Waals surface area contributed by atoms with Gasteiger partial charge in [-0.05, 0) is 51.0 Å². The Hall–Kier alpha value is -3.22. The normalized spacial score (nSPS) is 13.7. The third-order valence-electron chi connectivity index (χ3n) is 5.90. The van der Waals surface area contributed by atoms with Crippen LogP contribution in [0, 0.1) is 0 Å². The molecule has 214 valence electrons. The second-order valence-corrected chi connectivity index (χ2v) is 12.4. The van der Waals surface area contributed by atoms with Gasteiger partial charge in [0.05, 0.1) is 38.1 Å². The molecule has 0 radical (unpaired) electrons. The number of morpholine rings is 1. The molecule has 0 bridgehead atoms. The Morgan fingerprint density at radius 3 is 2.60 bits per heavy atom. The predicted octanol–water partition coefficient (Wildman–Crippen LogP) is 5.35. The Morgan fingerprint density at radius 1 is 1.15 bits per heavy atom. The quantitative estimate of drug-likeness (QED) is 0.241. The van der Waals surface area contributed by atoms with E-state index in [-0.39, 0.29) is 6.54 Å². The fourth-order valence-electron chi connectivity index (χ4n) is 4.00. The summed E-state index contributed by atoms with van der Waals surface area (Å²) < 4.78 is 17.1. The number of aromatic nitrogens is 3. The first-order valence-corrected chi connectivity index (χ1v) is 14.9. The van der Waals surface area contributed by atoms with Crippen molar-refractivity contribution >= 4 is 46.7 Å². The minimum Gasteiger partial charge on any atom is -0.465 e. The summed E-state index contributed by atoms with van der Waals surface area (Å²) in [5, 5.41) is 9.49. The zero-order valence-corrected chi connectivity index (χ0v) is 25.1. The highest BCUT2D eigenvalue weighted by Gasteiger charge is 2.26. The number of hydrogen-bond acceptors (Lipinski definition) is 11. The summed E-state index contributed by atoms with van der Waals surface area (Å²) in [6, 6.07) is 11.0. The summed E-state index contributed by atoms with van der Waals surface area (Å²) >= 11 is 3.15. The lowest BCUT2D eigenvalue weighted by Gasteiger charge is -2.31. The molecule has 1 aliphatic heterocycles. The van der Waals surface area contributed by atoms with Gasteiger partial charge in [0.15, 0.2) is 4.34 Å². The molecule has 1 aromatic carbocycles. The number of thioether (sulfide) groups is 1. The third-order valence-corrected chi connectivity index (χ3v) is 8.13. The van der Waals surface area contributed by atoms with Crippen LogP contribution in [-0.4, -0.2) is 66.3 Å².